The van der Waals surface area contributed by atoms with Gasteiger partial charge in [0.15, 0.2) is 6.04 Å². The maximum absolute atomic E-state index is 13.0. The summed E-state index contributed by atoms with van der Waals surface area (Å²) in [4.78, 5) is 32.4. The van der Waals surface area contributed by atoms with Gasteiger partial charge in [0.05, 0.1) is 18.4 Å². The zero-order chi connectivity index (χ0) is 27.1. The molecular formula is C30H35N3O5. The second-order valence-corrected chi connectivity index (χ2v) is 10.2. The van der Waals surface area contributed by atoms with Gasteiger partial charge in [-0.15, -0.1) is 0 Å². The molecule has 3 aromatic rings. The third-order valence-electron chi connectivity index (χ3n) is 6.13. The molecule has 200 valence electrons. The van der Waals surface area contributed by atoms with Crippen molar-refractivity contribution in [1.82, 2.24) is 10.1 Å². The number of nitrogens with zero attached hydrogens (tertiary/aromatic N) is 3. The van der Waals surface area contributed by atoms with Gasteiger partial charge in [-0.1, -0.05) is 65.8 Å². The lowest BCUT2D eigenvalue weighted by molar-refractivity contribution is -0.144. The third-order valence-corrected chi connectivity index (χ3v) is 6.13. The van der Waals surface area contributed by atoms with Crippen LogP contribution in [0.15, 0.2) is 76.2 Å². The first-order valence-corrected chi connectivity index (χ1v) is 13.1. The number of rotatable bonds is 8. The number of carbonyl (C=O) groups excluding carboxylic acids is 2. The van der Waals surface area contributed by atoms with Crippen molar-refractivity contribution in [3.05, 3.63) is 89.3 Å². The molecule has 0 radical (unpaired) electrons. The molecule has 0 saturated carbocycles. The highest BCUT2D eigenvalue weighted by molar-refractivity contribution is 6.13. The van der Waals surface area contributed by atoms with Crippen molar-refractivity contribution in [2.24, 2.45) is 4.99 Å². The molecule has 2 aromatic carbocycles. The molecular weight excluding hydrogens is 482 g/mol. The molecule has 1 unspecified atom stereocenters. The van der Waals surface area contributed by atoms with E-state index in [9.17, 15) is 9.59 Å². The van der Waals surface area contributed by atoms with Crippen LogP contribution in [0.5, 0.6) is 0 Å². The summed E-state index contributed by atoms with van der Waals surface area (Å²) in [7, 11) is 0. The normalized spacial score (nSPS) is 16.1. The highest BCUT2D eigenvalue weighted by atomic mass is 16.6. The highest BCUT2D eigenvalue weighted by Gasteiger charge is 2.35. The second kappa shape index (κ2) is 12.1. The maximum Gasteiger partial charge on any atom is 0.410 e. The molecule has 1 fully saturated rings. The molecule has 38 heavy (non-hydrogen) atoms. The predicted molar refractivity (Wildman–Crippen MR) is 144 cm³/mol. The minimum absolute atomic E-state index is 0.175. The number of carbonyl (C=O) groups is 2. The van der Waals surface area contributed by atoms with Crippen LogP contribution in [0.2, 0.25) is 0 Å². The Labute approximate surface area is 223 Å². The zero-order valence-corrected chi connectivity index (χ0v) is 22.4. The van der Waals surface area contributed by atoms with Gasteiger partial charge < -0.3 is 14.0 Å². The number of esters is 1. The summed E-state index contributed by atoms with van der Waals surface area (Å²) in [5, 5.41) is 4.26. The SMILES string of the molecule is CCOC(=O)C(Cc1cc([C@@H]2CCCN2C(=O)OC(C)(C)C)no1)N=C(c1ccccc1)c1ccccc1. The van der Waals surface area contributed by atoms with Crippen LogP contribution in [-0.2, 0) is 20.7 Å². The standard InChI is InChI=1S/C30H35N3O5/c1-5-36-28(34)25(31-27(21-13-8-6-9-14-21)22-15-10-7-11-16-22)20-23-19-24(32-38-23)26-17-12-18-33(26)29(35)37-30(2,3)4/h6-11,13-16,19,25-26H,5,12,17-18,20H2,1-4H3/t25?,26-/m0/s1. The Hall–Kier alpha value is -3.94. The molecule has 0 bridgehead atoms. The molecule has 1 aliphatic rings. The van der Waals surface area contributed by atoms with E-state index in [2.05, 4.69) is 5.16 Å². The second-order valence-electron chi connectivity index (χ2n) is 10.2. The lowest BCUT2D eigenvalue weighted by atomic mass is 10.0. The number of amides is 1. The summed E-state index contributed by atoms with van der Waals surface area (Å²) in [6.45, 7) is 8.14. The fraction of sp³-hybridized carbons (Fsp3) is 0.400. The van der Waals surface area contributed by atoms with Crippen molar-refractivity contribution >= 4 is 17.8 Å². The van der Waals surface area contributed by atoms with E-state index in [-0.39, 0.29) is 25.2 Å². The van der Waals surface area contributed by atoms with Gasteiger partial charge in [-0.3, -0.25) is 9.89 Å². The molecule has 8 heteroatoms. The monoisotopic (exact) mass is 517 g/mol. The molecule has 2 atom stereocenters. The van der Waals surface area contributed by atoms with Crippen LogP contribution < -0.4 is 0 Å². The fourth-order valence-corrected chi connectivity index (χ4v) is 4.47. The lowest BCUT2D eigenvalue weighted by Crippen LogP contribution is -2.36. The first-order valence-electron chi connectivity index (χ1n) is 13.1. The molecule has 8 nitrogen and oxygen atoms in total. The summed E-state index contributed by atoms with van der Waals surface area (Å²) >= 11 is 0. The number of aliphatic imine (C=N–C) groups is 1. The largest absolute Gasteiger partial charge is 0.464 e. The average molecular weight is 518 g/mol. The summed E-state index contributed by atoms with van der Waals surface area (Å²) in [5.74, 6) is 0.0596. The van der Waals surface area contributed by atoms with E-state index in [1.807, 2.05) is 81.4 Å². The molecule has 0 N–H and O–H groups in total. The average Bonchev–Trinajstić information content (AvgIpc) is 3.56. The Morgan fingerprint density at radius 1 is 1.08 bits per heavy atom. The summed E-state index contributed by atoms with van der Waals surface area (Å²) in [6.07, 6.45) is 1.42. The Morgan fingerprint density at radius 2 is 1.71 bits per heavy atom. The summed E-state index contributed by atoms with van der Waals surface area (Å²) < 4.78 is 16.6. The summed E-state index contributed by atoms with van der Waals surface area (Å²) in [5.41, 5.74) is 2.53. The van der Waals surface area contributed by atoms with Crippen LogP contribution in [0.4, 0.5) is 4.79 Å². The Kier molecular flexibility index (Phi) is 8.61. The first kappa shape index (κ1) is 27.1. The number of hydrogen-bond donors (Lipinski definition) is 0. The van der Waals surface area contributed by atoms with Crippen molar-refractivity contribution < 1.29 is 23.6 Å². The molecule has 1 amide bonds. The van der Waals surface area contributed by atoms with E-state index in [1.165, 1.54) is 0 Å². The number of ether oxygens (including phenoxy) is 2. The van der Waals surface area contributed by atoms with Crippen LogP contribution in [-0.4, -0.2) is 52.6 Å². The van der Waals surface area contributed by atoms with Crippen molar-refractivity contribution in [2.45, 2.75) is 64.6 Å². The van der Waals surface area contributed by atoms with Gasteiger partial charge in [0.1, 0.15) is 17.1 Å². The minimum Gasteiger partial charge on any atom is -0.464 e. The van der Waals surface area contributed by atoms with Crippen LogP contribution in [0, 0.1) is 0 Å². The third kappa shape index (κ3) is 6.88. The number of hydrogen-bond acceptors (Lipinski definition) is 7. The van der Waals surface area contributed by atoms with E-state index in [0.717, 1.165) is 24.0 Å². The van der Waals surface area contributed by atoms with E-state index < -0.39 is 17.6 Å². The number of likely N-dealkylation sites (tertiary alicyclic amines) is 1. The molecule has 1 aromatic heterocycles. The van der Waals surface area contributed by atoms with E-state index in [4.69, 9.17) is 19.0 Å². The topological polar surface area (TPSA) is 94.2 Å². The summed E-state index contributed by atoms with van der Waals surface area (Å²) in [6, 6.07) is 20.2. The molecule has 0 spiro atoms. The smallest absolute Gasteiger partial charge is 0.410 e. The fourth-order valence-electron chi connectivity index (χ4n) is 4.47. The van der Waals surface area contributed by atoms with Gasteiger partial charge in [0.2, 0.25) is 0 Å². The zero-order valence-electron chi connectivity index (χ0n) is 22.4. The van der Waals surface area contributed by atoms with Gasteiger partial charge in [-0.25, -0.2) is 9.59 Å². The molecule has 1 aliphatic heterocycles. The lowest BCUT2D eigenvalue weighted by Gasteiger charge is -2.27. The minimum atomic E-state index is -0.836. The maximum atomic E-state index is 13.0. The van der Waals surface area contributed by atoms with Crippen LogP contribution in [0.3, 0.4) is 0 Å². The molecule has 4 rings (SSSR count). The molecule has 0 aliphatic carbocycles. The van der Waals surface area contributed by atoms with Crippen molar-refractivity contribution in [3.63, 3.8) is 0 Å². The van der Waals surface area contributed by atoms with Gasteiger partial charge in [-0.05, 0) is 40.5 Å². The van der Waals surface area contributed by atoms with Crippen molar-refractivity contribution in [2.75, 3.05) is 13.2 Å². The predicted octanol–water partition coefficient (Wildman–Crippen LogP) is 5.76. The van der Waals surface area contributed by atoms with Crippen LogP contribution in [0.25, 0.3) is 0 Å². The van der Waals surface area contributed by atoms with Gasteiger partial charge >= 0.3 is 12.1 Å². The Balaban J connectivity index is 1.61. The van der Waals surface area contributed by atoms with Gasteiger partial charge in [-0.2, -0.15) is 0 Å². The van der Waals surface area contributed by atoms with Crippen molar-refractivity contribution in [3.8, 4) is 0 Å². The first-order chi connectivity index (χ1) is 18.2. The van der Waals surface area contributed by atoms with Crippen LogP contribution in [0.1, 0.15) is 69.2 Å². The highest BCUT2D eigenvalue weighted by Crippen LogP contribution is 2.33. The van der Waals surface area contributed by atoms with E-state index >= 15 is 0 Å². The molecule has 1 saturated heterocycles. The van der Waals surface area contributed by atoms with E-state index in [0.29, 0.717) is 23.7 Å². The van der Waals surface area contributed by atoms with Crippen molar-refractivity contribution in [1.29, 1.82) is 0 Å². The van der Waals surface area contributed by atoms with Crippen LogP contribution >= 0.6 is 0 Å². The van der Waals surface area contributed by atoms with E-state index in [1.54, 1.807) is 17.9 Å². The molecule has 2 heterocycles. The van der Waals surface area contributed by atoms with Gasteiger partial charge in [0, 0.05) is 30.2 Å². The Bertz CT molecular complexity index is 1210. The number of benzene rings is 2. The van der Waals surface area contributed by atoms with Gasteiger partial charge in [0.25, 0.3) is 0 Å². The quantitative estimate of drug-likeness (QED) is 0.279. The number of aromatic nitrogens is 1. The Morgan fingerprint density at radius 3 is 2.29 bits per heavy atom.